The number of nitro groups is 1. The fourth-order valence-electron chi connectivity index (χ4n) is 1.64. The van der Waals surface area contributed by atoms with Crippen LogP contribution in [0.4, 0.5) is 10.1 Å². The Morgan fingerprint density at radius 1 is 1.15 bits per heavy atom. The van der Waals surface area contributed by atoms with Crippen LogP contribution < -0.4 is 4.74 Å². The summed E-state index contributed by atoms with van der Waals surface area (Å²) in [5.41, 5.74) is 0.0876. The van der Waals surface area contributed by atoms with Crippen molar-refractivity contribution in [2.45, 2.75) is 6.92 Å². The largest absolute Gasteiger partial charge is 0.450 e. The summed E-state index contributed by atoms with van der Waals surface area (Å²) in [6, 6.07) is 7.59. The van der Waals surface area contributed by atoms with Crippen molar-refractivity contribution in [3.8, 4) is 11.5 Å². The second-order valence-corrected chi connectivity index (χ2v) is 5.83. The predicted molar refractivity (Wildman–Crippen MR) is 79.7 cm³/mol. The molecule has 0 heterocycles. The molecule has 0 atom stereocenters. The smallest absolute Gasteiger partial charge is 0.346 e. The summed E-state index contributed by atoms with van der Waals surface area (Å²) < 4.78 is 20.4. The monoisotopic (exact) mass is 403 g/mol. The minimum atomic E-state index is -0.950. The minimum absolute atomic E-state index is 0.146. The van der Waals surface area contributed by atoms with Gasteiger partial charge in [0.1, 0.15) is 5.75 Å². The van der Waals surface area contributed by atoms with Crippen LogP contribution in [0.15, 0.2) is 39.3 Å². The van der Waals surface area contributed by atoms with Gasteiger partial charge in [0.05, 0.1) is 4.92 Å². The van der Waals surface area contributed by atoms with E-state index in [2.05, 4.69) is 31.9 Å². The Morgan fingerprint density at radius 2 is 1.85 bits per heavy atom. The molecule has 0 radical (unpaired) electrons. The molecule has 0 aliphatic rings. The summed E-state index contributed by atoms with van der Waals surface area (Å²) in [7, 11) is 0. The van der Waals surface area contributed by atoms with Gasteiger partial charge in [-0.25, -0.2) is 0 Å². The highest BCUT2D eigenvalue weighted by Crippen LogP contribution is 2.37. The molecule has 0 unspecified atom stereocenters. The van der Waals surface area contributed by atoms with Gasteiger partial charge >= 0.3 is 5.69 Å². The van der Waals surface area contributed by atoms with Crippen molar-refractivity contribution in [1.29, 1.82) is 0 Å². The standard InChI is InChI=1S/C13H8Br2FNO3/c1-7-4-8(14)2-3-11(7)20-12-6-9(15)5-10(16)13(12)17(18)19/h2-6H,1H3. The second kappa shape index (κ2) is 5.88. The molecular formula is C13H8Br2FNO3. The van der Waals surface area contributed by atoms with Gasteiger partial charge in [0.2, 0.25) is 11.6 Å². The summed E-state index contributed by atoms with van der Waals surface area (Å²) in [6.45, 7) is 1.79. The van der Waals surface area contributed by atoms with E-state index >= 15 is 0 Å². The third-order valence-electron chi connectivity index (χ3n) is 2.53. The van der Waals surface area contributed by atoms with Crippen molar-refractivity contribution in [3.63, 3.8) is 0 Å². The Balaban J connectivity index is 2.50. The number of halogens is 3. The molecule has 0 aromatic heterocycles. The van der Waals surface area contributed by atoms with Crippen LogP contribution in [0.2, 0.25) is 0 Å². The molecule has 0 N–H and O–H groups in total. The molecule has 2 aromatic carbocycles. The predicted octanol–water partition coefficient (Wildman–Crippen LogP) is 5.36. The maximum Gasteiger partial charge on any atom is 0.346 e. The molecule has 0 saturated carbocycles. The summed E-state index contributed by atoms with van der Waals surface area (Å²) in [5, 5.41) is 10.9. The Morgan fingerprint density at radius 3 is 2.45 bits per heavy atom. The lowest BCUT2D eigenvalue weighted by molar-refractivity contribution is -0.388. The Hall–Kier alpha value is -1.47. The highest BCUT2D eigenvalue weighted by atomic mass is 79.9. The molecule has 0 aliphatic heterocycles. The third kappa shape index (κ3) is 3.16. The number of hydrogen-bond donors (Lipinski definition) is 0. The van der Waals surface area contributed by atoms with E-state index in [9.17, 15) is 14.5 Å². The molecule has 4 nitrogen and oxygen atoms in total. The van der Waals surface area contributed by atoms with Crippen LogP contribution in [-0.2, 0) is 0 Å². The highest BCUT2D eigenvalue weighted by molar-refractivity contribution is 9.10. The van der Waals surface area contributed by atoms with E-state index < -0.39 is 16.4 Å². The highest BCUT2D eigenvalue weighted by Gasteiger charge is 2.23. The number of rotatable bonds is 3. The average Bonchev–Trinajstić information content (AvgIpc) is 2.31. The molecule has 0 fully saturated rings. The van der Waals surface area contributed by atoms with Gasteiger partial charge in [0.25, 0.3) is 0 Å². The lowest BCUT2D eigenvalue weighted by atomic mass is 10.2. The number of aryl methyl sites for hydroxylation is 1. The molecule has 104 valence electrons. The first kappa shape index (κ1) is 14.9. The fourth-order valence-corrected chi connectivity index (χ4v) is 2.53. The van der Waals surface area contributed by atoms with Gasteiger partial charge in [-0.1, -0.05) is 31.9 Å². The van der Waals surface area contributed by atoms with Crippen LogP contribution in [0.3, 0.4) is 0 Å². The molecule has 2 aromatic rings. The lowest BCUT2D eigenvalue weighted by Gasteiger charge is -2.10. The lowest BCUT2D eigenvalue weighted by Crippen LogP contribution is -1.98. The molecule has 2 rings (SSSR count). The van der Waals surface area contributed by atoms with Gasteiger partial charge in [-0.15, -0.1) is 0 Å². The van der Waals surface area contributed by atoms with Gasteiger partial charge in [0.15, 0.2) is 0 Å². The van der Waals surface area contributed by atoms with Gasteiger partial charge in [-0.2, -0.15) is 4.39 Å². The zero-order chi connectivity index (χ0) is 14.9. The first-order valence-corrected chi connectivity index (χ1v) is 7.04. The average molecular weight is 405 g/mol. The SMILES string of the molecule is Cc1cc(Br)ccc1Oc1cc(Br)cc(F)c1[N+](=O)[O-]. The van der Waals surface area contributed by atoms with Crippen molar-refractivity contribution in [2.24, 2.45) is 0 Å². The Kier molecular flexibility index (Phi) is 4.39. The van der Waals surface area contributed by atoms with Crippen LogP contribution in [0.1, 0.15) is 5.56 Å². The van der Waals surface area contributed by atoms with Gasteiger partial charge in [-0.3, -0.25) is 10.1 Å². The second-order valence-electron chi connectivity index (χ2n) is 4.00. The Labute approximate surface area is 131 Å². The topological polar surface area (TPSA) is 52.4 Å². The number of nitrogens with zero attached hydrogens (tertiary/aromatic N) is 1. The molecule has 0 saturated heterocycles. The number of nitro benzene ring substituents is 1. The van der Waals surface area contributed by atoms with Crippen molar-refractivity contribution >= 4 is 37.5 Å². The van der Waals surface area contributed by atoms with Crippen LogP contribution in [0, 0.1) is 22.9 Å². The normalized spacial score (nSPS) is 10.4. The van der Waals surface area contributed by atoms with E-state index in [-0.39, 0.29) is 5.75 Å². The molecule has 0 amide bonds. The molecule has 0 aliphatic carbocycles. The number of benzene rings is 2. The van der Waals surface area contributed by atoms with E-state index in [1.165, 1.54) is 6.07 Å². The maximum atomic E-state index is 13.7. The molecule has 7 heteroatoms. The summed E-state index contributed by atoms with van der Waals surface area (Å²) >= 11 is 6.40. The summed E-state index contributed by atoms with van der Waals surface area (Å²) in [6.07, 6.45) is 0. The van der Waals surface area contributed by atoms with Gasteiger partial charge in [0, 0.05) is 15.0 Å². The van der Waals surface area contributed by atoms with E-state index in [1.54, 1.807) is 25.1 Å². The first-order chi connectivity index (χ1) is 9.38. The fraction of sp³-hybridized carbons (Fsp3) is 0.0769. The van der Waals surface area contributed by atoms with Crippen LogP contribution in [0.25, 0.3) is 0 Å². The van der Waals surface area contributed by atoms with Crippen LogP contribution in [0.5, 0.6) is 11.5 Å². The van der Waals surface area contributed by atoms with Crippen molar-refractivity contribution < 1.29 is 14.1 Å². The van der Waals surface area contributed by atoms with E-state index in [1.807, 2.05) is 0 Å². The van der Waals surface area contributed by atoms with E-state index in [0.29, 0.717) is 10.2 Å². The maximum absolute atomic E-state index is 13.7. The minimum Gasteiger partial charge on any atom is -0.450 e. The van der Waals surface area contributed by atoms with E-state index in [4.69, 9.17) is 4.74 Å². The molecule has 0 spiro atoms. The molecule has 20 heavy (non-hydrogen) atoms. The van der Waals surface area contributed by atoms with Gasteiger partial charge in [-0.05, 0) is 36.8 Å². The summed E-state index contributed by atoms with van der Waals surface area (Å²) in [5.74, 6) is -0.671. The molecule has 0 bridgehead atoms. The van der Waals surface area contributed by atoms with Crippen molar-refractivity contribution in [2.75, 3.05) is 0 Å². The quantitative estimate of drug-likeness (QED) is 0.511. The molecular weight excluding hydrogens is 397 g/mol. The van der Waals surface area contributed by atoms with Crippen molar-refractivity contribution in [3.05, 3.63) is 60.8 Å². The zero-order valence-electron chi connectivity index (χ0n) is 10.2. The third-order valence-corrected chi connectivity index (χ3v) is 3.48. The van der Waals surface area contributed by atoms with Crippen LogP contribution in [-0.4, -0.2) is 4.92 Å². The zero-order valence-corrected chi connectivity index (χ0v) is 13.4. The Bertz CT molecular complexity index is 692. The first-order valence-electron chi connectivity index (χ1n) is 5.46. The van der Waals surface area contributed by atoms with Crippen molar-refractivity contribution in [1.82, 2.24) is 0 Å². The van der Waals surface area contributed by atoms with Gasteiger partial charge < -0.3 is 4.74 Å². The van der Waals surface area contributed by atoms with Crippen LogP contribution >= 0.6 is 31.9 Å². The number of ether oxygens (including phenoxy) is 1. The van der Waals surface area contributed by atoms with E-state index in [0.717, 1.165) is 16.1 Å². The number of hydrogen-bond acceptors (Lipinski definition) is 3. The summed E-state index contributed by atoms with van der Waals surface area (Å²) in [4.78, 5) is 10.1.